The van der Waals surface area contributed by atoms with Crippen LogP contribution in [0.5, 0.6) is 0 Å². The second-order valence-corrected chi connectivity index (χ2v) is 6.13. The maximum atomic E-state index is 6.14. The summed E-state index contributed by atoms with van der Waals surface area (Å²) in [5.41, 5.74) is 2.40. The number of benzene rings is 1. The molecule has 0 bridgehead atoms. The zero-order valence-corrected chi connectivity index (χ0v) is 11.5. The summed E-state index contributed by atoms with van der Waals surface area (Å²) in [5.74, 6) is -0.330. The summed E-state index contributed by atoms with van der Waals surface area (Å²) < 4.78 is 17.7. The molecule has 1 aromatic rings. The van der Waals surface area contributed by atoms with Crippen LogP contribution in [0.25, 0.3) is 0 Å². The monoisotopic (exact) mass is 280 g/mol. The third-order valence-corrected chi connectivity index (χ3v) is 4.93. The van der Waals surface area contributed by atoms with E-state index in [1.54, 1.807) is 0 Å². The lowest BCUT2D eigenvalue weighted by Gasteiger charge is -2.41. The largest absolute Gasteiger partial charge is 0.366 e. The van der Waals surface area contributed by atoms with Crippen molar-refractivity contribution in [2.24, 2.45) is 0 Å². The summed E-state index contributed by atoms with van der Waals surface area (Å²) in [6.45, 7) is 2.12. The average molecular weight is 281 g/mol. The molecular formula is C15H17ClO3. The van der Waals surface area contributed by atoms with Crippen molar-refractivity contribution in [1.29, 1.82) is 0 Å². The van der Waals surface area contributed by atoms with Gasteiger partial charge in [0.25, 0.3) is 0 Å². The highest BCUT2D eigenvalue weighted by atomic mass is 35.5. The highest BCUT2D eigenvalue weighted by molar-refractivity contribution is 6.30. The van der Waals surface area contributed by atoms with Gasteiger partial charge in [-0.2, -0.15) is 0 Å². The van der Waals surface area contributed by atoms with Gasteiger partial charge in [0.15, 0.2) is 5.79 Å². The number of hydrogen-bond acceptors (Lipinski definition) is 3. The molecule has 1 saturated carbocycles. The highest BCUT2D eigenvalue weighted by Gasteiger charge is 2.50. The first-order valence-corrected chi connectivity index (χ1v) is 7.30. The molecule has 2 heterocycles. The van der Waals surface area contributed by atoms with Crippen molar-refractivity contribution in [3.8, 4) is 0 Å². The Morgan fingerprint density at radius 3 is 2.42 bits per heavy atom. The highest BCUT2D eigenvalue weighted by Crippen LogP contribution is 2.51. The van der Waals surface area contributed by atoms with Crippen LogP contribution in [0.1, 0.15) is 36.8 Å². The van der Waals surface area contributed by atoms with Crippen LogP contribution in [0.4, 0.5) is 0 Å². The fourth-order valence-electron chi connectivity index (χ4n) is 3.65. The van der Waals surface area contributed by atoms with Gasteiger partial charge in [-0.05, 0) is 36.1 Å². The van der Waals surface area contributed by atoms with Gasteiger partial charge >= 0.3 is 0 Å². The maximum absolute atomic E-state index is 6.14. The van der Waals surface area contributed by atoms with Crippen LogP contribution in [-0.4, -0.2) is 19.0 Å². The fourth-order valence-corrected chi connectivity index (χ4v) is 3.85. The van der Waals surface area contributed by atoms with Crippen LogP contribution >= 0.6 is 11.6 Å². The van der Waals surface area contributed by atoms with Gasteiger partial charge < -0.3 is 14.2 Å². The zero-order valence-electron chi connectivity index (χ0n) is 10.8. The zero-order chi connectivity index (χ0) is 12.9. The summed E-state index contributed by atoms with van der Waals surface area (Å²) >= 11 is 6.05. The molecule has 0 radical (unpaired) electrons. The summed E-state index contributed by atoms with van der Waals surface area (Å²) in [6, 6.07) is 6.11. The SMILES string of the molecule is Clc1ccc2c(c1)COC21CCC2(CC1)OCCO2. The van der Waals surface area contributed by atoms with Crippen LogP contribution in [0.2, 0.25) is 5.02 Å². The molecule has 2 aliphatic heterocycles. The van der Waals surface area contributed by atoms with E-state index in [0.29, 0.717) is 6.61 Å². The van der Waals surface area contributed by atoms with E-state index in [9.17, 15) is 0 Å². The molecule has 1 aromatic carbocycles. The summed E-state index contributed by atoms with van der Waals surface area (Å²) in [5, 5.41) is 0.786. The van der Waals surface area contributed by atoms with Crippen LogP contribution in [-0.2, 0) is 26.4 Å². The van der Waals surface area contributed by atoms with E-state index in [2.05, 4.69) is 6.07 Å². The average Bonchev–Trinajstić information content (AvgIpc) is 3.00. The van der Waals surface area contributed by atoms with Gasteiger partial charge in [0.05, 0.1) is 25.4 Å². The number of halogens is 1. The van der Waals surface area contributed by atoms with Crippen LogP contribution in [0.3, 0.4) is 0 Å². The van der Waals surface area contributed by atoms with E-state index in [1.165, 1.54) is 11.1 Å². The van der Waals surface area contributed by atoms with Crippen molar-refractivity contribution >= 4 is 11.6 Å². The molecule has 1 aliphatic carbocycles. The van der Waals surface area contributed by atoms with Crippen LogP contribution in [0.15, 0.2) is 18.2 Å². The minimum Gasteiger partial charge on any atom is -0.366 e. The molecule has 0 aromatic heterocycles. The van der Waals surface area contributed by atoms with Crippen molar-refractivity contribution in [2.75, 3.05) is 13.2 Å². The number of ether oxygens (including phenoxy) is 3. The Labute approximate surface area is 117 Å². The molecule has 4 rings (SSSR count). The predicted molar refractivity (Wildman–Crippen MR) is 71.0 cm³/mol. The van der Waals surface area contributed by atoms with Gasteiger partial charge in [-0.15, -0.1) is 0 Å². The number of fused-ring (bicyclic) bond motifs is 2. The lowest BCUT2D eigenvalue weighted by atomic mass is 9.77. The smallest absolute Gasteiger partial charge is 0.168 e. The fraction of sp³-hybridized carbons (Fsp3) is 0.600. The second kappa shape index (κ2) is 4.19. The molecular weight excluding hydrogens is 264 g/mol. The molecule has 102 valence electrons. The molecule has 0 amide bonds. The van der Waals surface area contributed by atoms with Gasteiger partial charge in [0.2, 0.25) is 0 Å². The van der Waals surface area contributed by atoms with E-state index in [4.69, 9.17) is 25.8 Å². The Hall–Kier alpha value is -0.610. The van der Waals surface area contributed by atoms with E-state index in [0.717, 1.165) is 43.9 Å². The van der Waals surface area contributed by atoms with Crippen molar-refractivity contribution in [2.45, 2.75) is 43.7 Å². The number of hydrogen-bond donors (Lipinski definition) is 0. The predicted octanol–water partition coefficient (Wildman–Crippen LogP) is 3.38. The van der Waals surface area contributed by atoms with Gasteiger partial charge in [-0.3, -0.25) is 0 Å². The molecule has 19 heavy (non-hydrogen) atoms. The van der Waals surface area contributed by atoms with E-state index in [1.807, 2.05) is 12.1 Å². The quantitative estimate of drug-likeness (QED) is 0.729. The Bertz CT molecular complexity index is 498. The molecule has 3 aliphatic rings. The molecule has 4 heteroatoms. The van der Waals surface area contributed by atoms with Gasteiger partial charge in [0.1, 0.15) is 0 Å². The summed E-state index contributed by atoms with van der Waals surface area (Å²) in [4.78, 5) is 0. The van der Waals surface area contributed by atoms with E-state index >= 15 is 0 Å². The van der Waals surface area contributed by atoms with E-state index in [-0.39, 0.29) is 11.4 Å². The first kappa shape index (κ1) is 12.2. The van der Waals surface area contributed by atoms with Crippen molar-refractivity contribution in [3.05, 3.63) is 34.3 Å². The molecule has 0 unspecified atom stereocenters. The minimum atomic E-state index is -0.330. The molecule has 2 fully saturated rings. The lowest BCUT2D eigenvalue weighted by Crippen LogP contribution is -2.42. The second-order valence-electron chi connectivity index (χ2n) is 5.69. The molecule has 2 spiro atoms. The summed E-state index contributed by atoms with van der Waals surface area (Å²) in [7, 11) is 0. The number of rotatable bonds is 0. The standard InChI is InChI=1S/C15H17ClO3/c16-12-1-2-13-11(9-12)10-19-14(13)3-5-15(6-4-14)17-7-8-18-15/h1-2,9H,3-8,10H2. The van der Waals surface area contributed by atoms with Crippen LogP contribution < -0.4 is 0 Å². The lowest BCUT2D eigenvalue weighted by molar-refractivity contribution is -0.210. The Kier molecular flexibility index (Phi) is 2.68. The Morgan fingerprint density at radius 1 is 0.947 bits per heavy atom. The van der Waals surface area contributed by atoms with Crippen LogP contribution in [0, 0.1) is 0 Å². The van der Waals surface area contributed by atoms with Crippen molar-refractivity contribution < 1.29 is 14.2 Å². The first-order chi connectivity index (χ1) is 9.22. The Morgan fingerprint density at radius 2 is 1.68 bits per heavy atom. The normalized spacial score (nSPS) is 27.0. The third-order valence-electron chi connectivity index (χ3n) is 4.70. The van der Waals surface area contributed by atoms with Gasteiger partial charge in [-0.1, -0.05) is 17.7 Å². The summed E-state index contributed by atoms with van der Waals surface area (Å²) in [6.07, 6.45) is 3.74. The topological polar surface area (TPSA) is 27.7 Å². The van der Waals surface area contributed by atoms with Crippen molar-refractivity contribution in [1.82, 2.24) is 0 Å². The van der Waals surface area contributed by atoms with Gasteiger partial charge in [-0.25, -0.2) is 0 Å². The molecule has 0 N–H and O–H groups in total. The van der Waals surface area contributed by atoms with Gasteiger partial charge in [0, 0.05) is 17.9 Å². The molecule has 0 atom stereocenters. The van der Waals surface area contributed by atoms with E-state index < -0.39 is 0 Å². The molecule has 3 nitrogen and oxygen atoms in total. The minimum absolute atomic E-state index is 0.138. The van der Waals surface area contributed by atoms with Crippen molar-refractivity contribution in [3.63, 3.8) is 0 Å². The Balaban J connectivity index is 1.61. The third kappa shape index (κ3) is 1.83. The maximum Gasteiger partial charge on any atom is 0.168 e. The first-order valence-electron chi connectivity index (χ1n) is 6.92. The molecule has 1 saturated heterocycles.